The number of rotatable bonds is 4. The molecule has 0 spiro atoms. The number of carboxylic acids is 1. The number of nitrogens with one attached hydrogen (secondary N) is 2. The van der Waals surface area contributed by atoms with Gasteiger partial charge in [0.05, 0.1) is 16.3 Å². The molecule has 2 aromatic rings. The Balaban J connectivity index is 2.27. The van der Waals surface area contributed by atoms with E-state index in [1.165, 1.54) is 0 Å². The molecule has 0 saturated heterocycles. The SMILES string of the molecule is [N-]=[N+]=Nc1cc(Cl)c(C(=O)Nc2cc(C(=O)O)n[nH]2)cc1F. The summed E-state index contributed by atoms with van der Waals surface area (Å²) in [5, 5.41) is 19.7. The summed E-state index contributed by atoms with van der Waals surface area (Å²) in [6.45, 7) is 0. The number of benzene rings is 1. The second-order valence-electron chi connectivity index (χ2n) is 3.90. The lowest BCUT2D eigenvalue weighted by molar-refractivity contribution is 0.0690. The van der Waals surface area contributed by atoms with E-state index in [4.69, 9.17) is 22.2 Å². The van der Waals surface area contributed by atoms with E-state index in [1.54, 1.807) is 0 Å². The fraction of sp³-hybridized carbons (Fsp3) is 0. The number of aromatic amines is 1. The number of aromatic nitrogens is 2. The number of halogens is 2. The molecule has 0 atom stereocenters. The number of hydrogen-bond donors (Lipinski definition) is 3. The van der Waals surface area contributed by atoms with Crippen molar-refractivity contribution >= 4 is 35.0 Å². The Hall–Kier alpha value is -3.10. The van der Waals surface area contributed by atoms with E-state index in [2.05, 4.69) is 25.5 Å². The zero-order valence-electron chi connectivity index (χ0n) is 10.5. The van der Waals surface area contributed by atoms with Gasteiger partial charge in [0.2, 0.25) is 0 Å². The van der Waals surface area contributed by atoms with Gasteiger partial charge < -0.3 is 10.4 Å². The number of anilines is 1. The molecule has 0 fully saturated rings. The Morgan fingerprint density at radius 2 is 2.18 bits per heavy atom. The van der Waals surface area contributed by atoms with E-state index in [0.717, 1.165) is 18.2 Å². The maximum atomic E-state index is 13.6. The summed E-state index contributed by atoms with van der Waals surface area (Å²) in [4.78, 5) is 25.1. The average molecular weight is 325 g/mol. The van der Waals surface area contributed by atoms with Gasteiger partial charge in [-0.1, -0.05) is 16.7 Å². The fourth-order valence-electron chi connectivity index (χ4n) is 1.52. The van der Waals surface area contributed by atoms with Crippen LogP contribution in [0.5, 0.6) is 0 Å². The number of amides is 1. The van der Waals surface area contributed by atoms with Gasteiger partial charge in [0.25, 0.3) is 5.91 Å². The van der Waals surface area contributed by atoms with Crippen molar-refractivity contribution < 1.29 is 19.1 Å². The summed E-state index contributed by atoms with van der Waals surface area (Å²) in [6, 6.07) is 2.89. The zero-order chi connectivity index (χ0) is 16.3. The molecule has 0 bridgehead atoms. The van der Waals surface area contributed by atoms with E-state index in [9.17, 15) is 14.0 Å². The van der Waals surface area contributed by atoms with Crippen molar-refractivity contribution in [2.45, 2.75) is 0 Å². The number of hydrogen-bond acceptors (Lipinski definition) is 4. The molecule has 0 aliphatic rings. The second-order valence-corrected chi connectivity index (χ2v) is 4.31. The molecule has 3 N–H and O–H groups in total. The predicted molar refractivity (Wildman–Crippen MR) is 73.7 cm³/mol. The summed E-state index contributed by atoms with van der Waals surface area (Å²) in [6.07, 6.45) is 0. The molecule has 0 aliphatic carbocycles. The number of nitrogens with zero attached hydrogens (tertiary/aromatic N) is 4. The molecule has 0 radical (unpaired) electrons. The van der Waals surface area contributed by atoms with E-state index in [0.29, 0.717) is 0 Å². The van der Waals surface area contributed by atoms with Crippen LogP contribution in [0.3, 0.4) is 0 Å². The fourth-order valence-corrected chi connectivity index (χ4v) is 1.76. The smallest absolute Gasteiger partial charge is 0.356 e. The Labute approximate surface area is 126 Å². The summed E-state index contributed by atoms with van der Waals surface area (Å²) < 4.78 is 13.6. The number of aromatic carboxylic acids is 1. The first-order valence-corrected chi connectivity index (χ1v) is 5.94. The molecular formula is C11H6ClFN6O3. The summed E-state index contributed by atoms with van der Waals surface area (Å²) >= 11 is 5.82. The van der Waals surface area contributed by atoms with Crippen LogP contribution in [0.4, 0.5) is 15.9 Å². The van der Waals surface area contributed by atoms with E-state index in [-0.39, 0.29) is 27.8 Å². The van der Waals surface area contributed by atoms with Crippen LogP contribution in [0.25, 0.3) is 10.4 Å². The Bertz CT molecular complexity index is 814. The van der Waals surface area contributed by atoms with Crippen molar-refractivity contribution in [1.29, 1.82) is 0 Å². The molecule has 112 valence electrons. The minimum Gasteiger partial charge on any atom is -0.476 e. The molecular weight excluding hydrogens is 319 g/mol. The molecule has 2 rings (SSSR count). The van der Waals surface area contributed by atoms with Gasteiger partial charge in [0, 0.05) is 11.0 Å². The molecule has 11 heteroatoms. The normalized spacial score (nSPS) is 9.91. The molecule has 1 aromatic heterocycles. The number of carbonyl (C=O) groups excluding carboxylic acids is 1. The first-order chi connectivity index (χ1) is 10.4. The van der Waals surface area contributed by atoms with Crippen molar-refractivity contribution in [3.8, 4) is 0 Å². The topological polar surface area (TPSA) is 144 Å². The van der Waals surface area contributed by atoms with Gasteiger partial charge in [-0.05, 0) is 17.7 Å². The standard InChI is InChI=1S/C11H6ClFN6O3/c12-5-2-7(17-19-14)6(13)1-4(5)10(20)15-9-3-8(11(21)22)16-18-9/h1-3H,(H,21,22)(H2,15,16,18,20). The quantitative estimate of drug-likeness (QED) is 0.450. The monoisotopic (exact) mass is 324 g/mol. The highest BCUT2D eigenvalue weighted by Crippen LogP contribution is 2.27. The van der Waals surface area contributed by atoms with Crippen LogP contribution in [0.2, 0.25) is 5.02 Å². The van der Waals surface area contributed by atoms with E-state index >= 15 is 0 Å². The summed E-state index contributed by atoms with van der Waals surface area (Å²) in [5.74, 6) is -3.00. The molecule has 0 aliphatic heterocycles. The van der Waals surface area contributed by atoms with Crippen molar-refractivity contribution in [1.82, 2.24) is 10.2 Å². The minimum atomic E-state index is -1.28. The van der Waals surface area contributed by atoms with Crippen LogP contribution >= 0.6 is 11.6 Å². The van der Waals surface area contributed by atoms with E-state index in [1.807, 2.05) is 0 Å². The lowest BCUT2D eigenvalue weighted by Crippen LogP contribution is -2.13. The van der Waals surface area contributed by atoms with Gasteiger partial charge in [-0.25, -0.2) is 9.18 Å². The van der Waals surface area contributed by atoms with Gasteiger partial charge >= 0.3 is 5.97 Å². The van der Waals surface area contributed by atoms with Crippen LogP contribution in [0, 0.1) is 5.82 Å². The molecule has 0 unspecified atom stereocenters. The lowest BCUT2D eigenvalue weighted by Gasteiger charge is -2.06. The maximum Gasteiger partial charge on any atom is 0.356 e. The average Bonchev–Trinajstić information content (AvgIpc) is 2.91. The first-order valence-electron chi connectivity index (χ1n) is 5.56. The highest BCUT2D eigenvalue weighted by atomic mass is 35.5. The van der Waals surface area contributed by atoms with Crippen LogP contribution in [-0.2, 0) is 0 Å². The third-order valence-electron chi connectivity index (χ3n) is 2.48. The molecule has 0 saturated carbocycles. The Kier molecular flexibility index (Phi) is 4.25. The van der Waals surface area contributed by atoms with Crippen LogP contribution in [0.1, 0.15) is 20.8 Å². The van der Waals surface area contributed by atoms with Gasteiger partial charge in [0.1, 0.15) is 11.6 Å². The molecule has 22 heavy (non-hydrogen) atoms. The summed E-state index contributed by atoms with van der Waals surface area (Å²) in [7, 11) is 0. The Morgan fingerprint density at radius 3 is 2.77 bits per heavy atom. The van der Waals surface area contributed by atoms with E-state index < -0.39 is 17.7 Å². The minimum absolute atomic E-state index is 0.00185. The third-order valence-corrected chi connectivity index (χ3v) is 2.79. The highest BCUT2D eigenvalue weighted by molar-refractivity contribution is 6.34. The number of H-pyrrole nitrogens is 1. The number of carboxylic acid groups (broad SMARTS) is 1. The number of carbonyl (C=O) groups is 2. The van der Waals surface area contributed by atoms with Gasteiger partial charge in [-0.15, -0.1) is 0 Å². The summed E-state index contributed by atoms with van der Waals surface area (Å²) in [5.41, 5.74) is 7.40. The predicted octanol–water partition coefficient (Wildman–Crippen LogP) is 3.09. The molecule has 1 aromatic carbocycles. The number of azide groups is 1. The van der Waals surface area contributed by atoms with Crippen LogP contribution < -0.4 is 5.32 Å². The Morgan fingerprint density at radius 1 is 1.45 bits per heavy atom. The highest BCUT2D eigenvalue weighted by Gasteiger charge is 2.16. The van der Waals surface area contributed by atoms with Gasteiger partial charge in [0.15, 0.2) is 5.69 Å². The first kappa shape index (κ1) is 15.3. The molecule has 1 heterocycles. The van der Waals surface area contributed by atoms with Crippen molar-refractivity contribution in [3.63, 3.8) is 0 Å². The van der Waals surface area contributed by atoms with Gasteiger partial charge in [-0.2, -0.15) is 5.10 Å². The second kappa shape index (κ2) is 6.12. The zero-order valence-corrected chi connectivity index (χ0v) is 11.3. The van der Waals surface area contributed by atoms with Crippen molar-refractivity contribution in [2.24, 2.45) is 5.11 Å². The molecule has 1 amide bonds. The largest absolute Gasteiger partial charge is 0.476 e. The van der Waals surface area contributed by atoms with Gasteiger partial charge in [-0.3, -0.25) is 9.89 Å². The third kappa shape index (κ3) is 3.14. The maximum absolute atomic E-state index is 13.6. The van der Waals surface area contributed by atoms with Crippen molar-refractivity contribution in [3.05, 3.63) is 50.7 Å². The van der Waals surface area contributed by atoms with Crippen LogP contribution in [-0.4, -0.2) is 27.2 Å². The van der Waals surface area contributed by atoms with Crippen molar-refractivity contribution in [2.75, 3.05) is 5.32 Å². The lowest BCUT2D eigenvalue weighted by atomic mass is 10.2. The molecule has 9 nitrogen and oxygen atoms in total. The van der Waals surface area contributed by atoms with Crippen LogP contribution in [0.15, 0.2) is 23.3 Å².